The Balaban J connectivity index is 1.85. The molecule has 0 radical (unpaired) electrons. The minimum atomic E-state index is -0.394. The summed E-state index contributed by atoms with van der Waals surface area (Å²) in [5.41, 5.74) is -0.237. The molecule has 2 aromatic rings. The molecule has 0 fully saturated rings. The maximum Gasteiger partial charge on any atom is 0.346 e. The van der Waals surface area contributed by atoms with Gasteiger partial charge in [0, 0.05) is 20.0 Å². The van der Waals surface area contributed by atoms with E-state index in [9.17, 15) is 14.4 Å². The first kappa shape index (κ1) is 17.9. The molecule has 0 aliphatic heterocycles. The normalized spacial score (nSPS) is 10.6. The van der Waals surface area contributed by atoms with Crippen LogP contribution in [0.25, 0.3) is 10.7 Å². The predicted molar refractivity (Wildman–Crippen MR) is 89.7 cm³/mol. The van der Waals surface area contributed by atoms with Crippen molar-refractivity contribution in [3.8, 4) is 10.7 Å². The Labute approximate surface area is 143 Å². The van der Waals surface area contributed by atoms with Crippen LogP contribution in [0.4, 0.5) is 0 Å². The first-order valence-electron chi connectivity index (χ1n) is 7.63. The molecule has 1 N–H and O–H groups in total. The first-order valence-corrected chi connectivity index (χ1v) is 8.51. The highest BCUT2D eigenvalue weighted by atomic mass is 32.1. The van der Waals surface area contributed by atoms with Crippen molar-refractivity contribution in [1.29, 1.82) is 0 Å². The van der Waals surface area contributed by atoms with Gasteiger partial charge < -0.3 is 10.1 Å². The number of rotatable bonds is 8. The predicted octanol–water partition coefficient (Wildman–Crippen LogP) is 0.770. The molecule has 9 heteroatoms. The van der Waals surface area contributed by atoms with Crippen LogP contribution >= 0.6 is 11.3 Å². The number of hydrogen-bond donors (Lipinski definition) is 1. The second-order valence-corrected chi connectivity index (χ2v) is 5.97. The monoisotopic (exact) mass is 352 g/mol. The van der Waals surface area contributed by atoms with E-state index in [1.165, 1.54) is 20.6 Å². The van der Waals surface area contributed by atoms with Crippen LogP contribution in [0.1, 0.15) is 19.8 Å². The number of amides is 1. The van der Waals surface area contributed by atoms with Crippen LogP contribution in [0.5, 0.6) is 0 Å². The van der Waals surface area contributed by atoms with Gasteiger partial charge in [-0.25, -0.2) is 9.48 Å². The highest BCUT2D eigenvalue weighted by Gasteiger charge is 2.13. The molecule has 0 aliphatic rings. The summed E-state index contributed by atoms with van der Waals surface area (Å²) in [5, 5.41) is 8.88. The molecule has 8 nitrogen and oxygen atoms in total. The third-order valence-electron chi connectivity index (χ3n) is 3.29. The molecule has 2 aromatic heterocycles. The van der Waals surface area contributed by atoms with E-state index in [0.29, 0.717) is 12.4 Å². The molecular formula is C15H20N4O4S. The summed E-state index contributed by atoms with van der Waals surface area (Å²) in [5.74, 6) is -0.0525. The molecule has 0 spiro atoms. The Morgan fingerprint density at radius 2 is 2.17 bits per heavy atom. The minimum absolute atomic E-state index is 0.0474. The van der Waals surface area contributed by atoms with Crippen molar-refractivity contribution in [3.05, 3.63) is 28.0 Å². The van der Waals surface area contributed by atoms with E-state index >= 15 is 0 Å². The third kappa shape index (κ3) is 4.54. The average Bonchev–Trinajstić information content (AvgIpc) is 3.17. The van der Waals surface area contributed by atoms with Gasteiger partial charge in [-0.15, -0.1) is 16.4 Å². The van der Waals surface area contributed by atoms with E-state index < -0.39 is 5.97 Å². The van der Waals surface area contributed by atoms with Crippen LogP contribution in [-0.2, 0) is 27.9 Å². The Kier molecular flexibility index (Phi) is 6.30. The average molecular weight is 352 g/mol. The summed E-state index contributed by atoms with van der Waals surface area (Å²) < 4.78 is 7.56. The Morgan fingerprint density at radius 3 is 2.83 bits per heavy atom. The number of hydrogen-bond acceptors (Lipinski definition) is 6. The van der Waals surface area contributed by atoms with Crippen molar-refractivity contribution in [2.75, 3.05) is 13.2 Å². The summed E-state index contributed by atoms with van der Waals surface area (Å²) in [7, 11) is 1.67. The number of carbonyl (C=O) groups is 2. The lowest BCUT2D eigenvalue weighted by atomic mass is 10.3. The van der Waals surface area contributed by atoms with Crippen molar-refractivity contribution >= 4 is 23.2 Å². The fourth-order valence-electron chi connectivity index (χ4n) is 2.09. The molecule has 2 heterocycles. The van der Waals surface area contributed by atoms with Crippen molar-refractivity contribution in [3.63, 3.8) is 0 Å². The van der Waals surface area contributed by atoms with E-state index in [1.807, 2.05) is 17.5 Å². The highest BCUT2D eigenvalue weighted by molar-refractivity contribution is 7.13. The molecule has 0 bridgehead atoms. The van der Waals surface area contributed by atoms with Crippen LogP contribution in [-0.4, -0.2) is 39.4 Å². The summed E-state index contributed by atoms with van der Waals surface area (Å²) >= 11 is 1.51. The van der Waals surface area contributed by atoms with Gasteiger partial charge in [0.25, 0.3) is 0 Å². The van der Waals surface area contributed by atoms with Crippen LogP contribution in [0.15, 0.2) is 22.3 Å². The lowest BCUT2D eigenvalue weighted by Crippen LogP contribution is -2.32. The van der Waals surface area contributed by atoms with Gasteiger partial charge in [0.2, 0.25) is 5.91 Å². The number of nitrogens with one attached hydrogen (secondary N) is 1. The van der Waals surface area contributed by atoms with Crippen molar-refractivity contribution in [2.45, 2.75) is 26.3 Å². The number of ether oxygens (including phenoxy) is 1. The van der Waals surface area contributed by atoms with E-state index in [1.54, 1.807) is 14.0 Å². The molecule has 130 valence electrons. The molecule has 0 aliphatic carbocycles. The topological polar surface area (TPSA) is 95.2 Å². The van der Waals surface area contributed by atoms with Crippen molar-refractivity contribution < 1.29 is 14.3 Å². The molecule has 0 saturated heterocycles. The zero-order chi connectivity index (χ0) is 17.5. The van der Waals surface area contributed by atoms with Gasteiger partial charge in [0.15, 0.2) is 5.82 Å². The summed E-state index contributed by atoms with van der Waals surface area (Å²) in [6.07, 6.45) is 0.113. The third-order valence-corrected chi connectivity index (χ3v) is 4.16. The molecule has 0 unspecified atom stereocenters. The van der Waals surface area contributed by atoms with Gasteiger partial charge in [-0.05, 0) is 18.4 Å². The van der Waals surface area contributed by atoms with Crippen molar-refractivity contribution in [1.82, 2.24) is 19.7 Å². The lowest BCUT2D eigenvalue weighted by Gasteiger charge is -2.04. The van der Waals surface area contributed by atoms with Crippen LogP contribution in [0.2, 0.25) is 0 Å². The summed E-state index contributed by atoms with van der Waals surface area (Å²) in [6.45, 7) is 2.55. The number of thiophene rings is 1. The molecular weight excluding hydrogens is 332 g/mol. The fraction of sp³-hybridized carbons (Fsp3) is 0.467. The fourth-order valence-corrected chi connectivity index (χ4v) is 2.84. The van der Waals surface area contributed by atoms with Gasteiger partial charge in [0.05, 0.1) is 24.4 Å². The Hall–Kier alpha value is -2.42. The Morgan fingerprint density at radius 1 is 1.38 bits per heavy atom. The lowest BCUT2D eigenvalue weighted by molar-refractivity contribution is -0.144. The molecule has 1 amide bonds. The number of nitrogens with zero attached hydrogens (tertiary/aromatic N) is 3. The van der Waals surface area contributed by atoms with Crippen molar-refractivity contribution in [2.24, 2.45) is 7.05 Å². The van der Waals surface area contributed by atoms with E-state index in [4.69, 9.17) is 4.74 Å². The van der Waals surface area contributed by atoms with Gasteiger partial charge in [-0.3, -0.25) is 14.2 Å². The maximum absolute atomic E-state index is 12.1. The summed E-state index contributed by atoms with van der Waals surface area (Å²) in [4.78, 5) is 35.9. The number of esters is 1. The van der Waals surface area contributed by atoms with Gasteiger partial charge in [0.1, 0.15) is 0 Å². The standard InChI is InChI=1S/C15H20N4O4S/c1-3-23-13(21)7-6-12(20)16-8-9-19-15(22)18(2)14(17-19)11-5-4-10-24-11/h4-5,10H,3,6-9H2,1-2H3,(H,16,20). The first-order chi connectivity index (χ1) is 11.5. The molecule has 24 heavy (non-hydrogen) atoms. The van der Waals surface area contributed by atoms with E-state index in [2.05, 4.69) is 10.4 Å². The van der Waals surface area contributed by atoms with Gasteiger partial charge in [-0.1, -0.05) is 6.07 Å². The molecule has 2 rings (SSSR count). The molecule has 0 aromatic carbocycles. The van der Waals surface area contributed by atoms with Gasteiger partial charge >= 0.3 is 11.7 Å². The van der Waals surface area contributed by atoms with Crippen LogP contribution < -0.4 is 11.0 Å². The largest absolute Gasteiger partial charge is 0.466 e. The van der Waals surface area contributed by atoms with E-state index in [-0.39, 0.29) is 37.5 Å². The zero-order valence-electron chi connectivity index (χ0n) is 13.7. The molecule has 0 saturated carbocycles. The minimum Gasteiger partial charge on any atom is -0.466 e. The smallest absolute Gasteiger partial charge is 0.346 e. The molecule has 0 atom stereocenters. The second-order valence-electron chi connectivity index (χ2n) is 5.02. The highest BCUT2D eigenvalue weighted by Crippen LogP contribution is 2.20. The van der Waals surface area contributed by atoms with Gasteiger partial charge in [-0.2, -0.15) is 0 Å². The zero-order valence-corrected chi connectivity index (χ0v) is 14.5. The van der Waals surface area contributed by atoms with Crippen LogP contribution in [0.3, 0.4) is 0 Å². The second kappa shape index (κ2) is 8.44. The quantitative estimate of drug-likeness (QED) is 0.708. The Bertz CT molecular complexity index is 748. The van der Waals surface area contributed by atoms with E-state index in [0.717, 1.165) is 4.88 Å². The summed E-state index contributed by atoms with van der Waals surface area (Å²) in [6, 6.07) is 3.79. The maximum atomic E-state index is 12.1. The van der Waals surface area contributed by atoms with Crippen LogP contribution in [0, 0.1) is 0 Å². The number of aromatic nitrogens is 3. The SMILES string of the molecule is CCOC(=O)CCC(=O)NCCn1nc(-c2cccs2)n(C)c1=O. The number of carbonyl (C=O) groups excluding carboxylic acids is 2.